The number of fused-ring (bicyclic) bond motifs is 1. The molecule has 1 aromatic heterocycles. The molecule has 1 aliphatic heterocycles. The lowest BCUT2D eigenvalue weighted by Gasteiger charge is -2.43. The van der Waals surface area contributed by atoms with Gasteiger partial charge in [0.2, 0.25) is 0 Å². The van der Waals surface area contributed by atoms with Crippen LogP contribution >= 0.6 is 11.6 Å². The van der Waals surface area contributed by atoms with Gasteiger partial charge >= 0.3 is 0 Å². The molecule has 134 valence electrons. The summed E-state index contributed by atoms with van der Waals surface area (Å²) in [6, 6.07) is 9.40. The summed E-state index contributed by atoms with van der Waals surface area (Å²) in [4.78, 5) is 4.59. The number of halogens is 3. The Balaban J connectivity index is 1.48. The van der Waals surface area contributed by atoms with Gasteiger partial charge in [0.25, 0.3) is 0 Å². The number of H-pyrrole nitrogens is 1. The van der Waals surface area contributed by atoms with Crippen molar-refractivity contribution in [2.75, 3.05) is 29.4 Å². The van der Waals surface area contributed by atoms with Crippen molar-refractivity contribution >= 4 is 34.0 Å². The smallest absolute Gasteiger partial charge is 0.160 e. The Morgan fingerprint density at radius 1 is 1.04 bits per heavy atom. The van der Waals surface area contributed by atoms with Crippen LogP contribution in [-0.4, -0.2) is 35.4 Å². The van der Waals surface area contributed by atoms with Crippen molar-refractivity contribution in [3.05, 3.63) is 53.1 Å². The van der Waals surface area contributed by atoms with E-state index >= 15 is 0 Å². The lowest BCUT2D eigenvalue weighted by molar-refractivity contribution is 0.505. The Hall–Kier alpha value is -2.34. The normalized spacial score (nSPS) is 18.7. The van der Waals surface area contributed by atoms with Gasteiger partial charge in [-0.25, -0.2) is 8.78 Å². The molecule has 26 heavy (non-hydrogen) atoms. The van der Waals surface area contributed by atoms with Gasteiger partial charge in [0.05, 0.1) is 21.5 Å². The van der Waals surface area contributed by atoms with Gasteiger partial charge in [-0.15, -0.1) is 0 Å². The van der Waals surface area contributed by atoms with E-state index in [0.717, 1.165) is 49.4 Å². The SMILES string of the molecule is Fc1ccc(N2CCN(c3n[nH]c4cc(F)cc(Cl)c34)C3(CC3)C2)cc1. The molecule has 0 radical (unpaired) electrons. The van der Waals surface area contributed by atoms with Crippen molar-refractivity contribution in [1.29, 1.82) is 0 Å². The molecule has 0 unspecified atom stereocenters. The summed E-state index contributed by atoms with van der Waals surface area (Å²) in [6.45, 7) is 2.44. The van der Waals surface area contributed by atoms with Gasteiger partial charge in [0.15, 0.2) is 5.82 Å². The van der Waals surface area contributed by atoms with Crippen molar-refractivity contribution < 1.29 is 8.78 Å². The summed E-state index contributed by atoms with van der Waals surface area (Å²) >= 11 is 6.31. The number of nitrogens with zero attached hydrogens (tertiary/aromatic N) is 3. The molecule has 5 rings (SSSR count). The molecule has 2 fully saturated rings. The number of rotatable bonds is 2. The van der Waals surface area contributed by atoms with E-state index in [2.05, 4.69) is 20.0 Å². The first kappa shape index (κ1) is 15.9. The van der Waals surface area contributed by atoms with Crippen LogP contribution in [0.3, 0.4) is 0 Å². The molecule has 1 saturated carbocycles. The van der Waals surface area contributed by atoms with E-state index in [4.69, 9.17) is 11.6 Å². The summed E-state index contributed by atoms with van der Waals surface area (Å²) < 4.78 is 26.8. The zero-order valence-corrected chi connectivity index (χ0v) is 14.7. The van der Waals surface area contributed by atoms with Crippen LogP contribution in [-0.2, 0) is 0 Å². The summed E-state index contributed by atoms with van der Waals surface area (Å²) in [5.41, 5.74) is 1.65. The zero-order chi connectivity index (χ0) is 17.9. The summed E-state index contributed by atoms with van der Waals surface area (Å²) in [6.07, 6.45) is 2.13. The molecule has 1 aliphatic carbocycles. The molecule has 0 bridgehead atoms. The highest BCUT2D eigenvalue weighted by atomic mass is 35.5. The van der Waals surface area contributed by atoms with Crippen molar-refractivity contribution in [3.63, 3.8) is 0 Å². The number of hydrogen-bond acceptors (Lipinski definition) is 3. The fourth-order valence-corrected chi connectivity index (χ4v) is 4.30. The first-order chi connectivity index (χ1) is 12.6. The Morgan fingerprint density at radius 3 is 2.54 bits per heavy atom. The lowest BCUT2D eigenvalue weighted by Crippen LogP contribution is -2.55. The quantitative estimate of drug-likeness (QED) is 0.724. The largest absolute Gasteiger partial charge is 0.367 e. The first-order valence-corrected chi connectivity index (χ1v) is 9.05. The Kier molecular flexibility index (Phi) is 3.41. The minimum absolute atomic E-state index is 0.00642. The van der Waals surface area contributed by atoms with Crippen molar-refractivity contribution in [2.45, 2.75) is 18.4 Å². The van der Waals surface area contributed by atoms with Crippen LogP contribution in [0.1, 0.15) is 12.8 Å². The molecular weight excluding hydrogens is 358 g/mol. The fraction of sp³-hybridized carbons (Fsp3) is 0.316. The second kappa shape index (κ2) is 5.58. The van der Waals surface area contributed by atoms with E-state index in [0.29, 0.717) is 10.5 Å². The monoisotopic (exact) mass is 374 g/mol. The zero-order valence-electron chi connectivity index (χ0n) is 14.0. The third-order valence-electron chi connectivity index (χ3n) is 5.49. The average molecular weight is 375 g/mol. The van der Waals surface area contributed by atoms with E-state index in [1.165, 1.54) is 24.3 Å². The summed E-state index contributed by atoms with van der Waals surface area (Å²) in [7, 11) is 0. The lowest BCUT2D eigenvalue weighted by atomic mass is 10.1. The Bertz CT molecular complexity index is 981. The molecule has 7 heteroatoms. The highest BCUT2D eigenvalue weighted by Crippen LogP contribution is 2.48. The van der Waals surface area contributed by atoms with Gasteiger partial charge in [-0.3, -0.25) is 5.10 Å². The van der Waals surface area contributed by atoms with Crippen LogP contribution in [0, 0.1) is 11.6 Å². The van der Waals surface area contributed by atoms with Crippen molar-refractivity contribution in [3.8, 4) is 0 Å². The topological polar surface area (TPSA) is 35.2 Å². The molecule has 3 aromatic rings. The van der Waals surface area contributed by atoms with Gasteiger partial charge in [0, 0.05) is 25.3 Å². The molecule has 2 heterocycles. The van der Waals surface area contributed by atoms with E-state index in [9.17, 15) is 8.78 Å². The maximum Gasteiger partial charge on any atom is 0.160 e. The van der Waals surface area contributed by atoms with Crippen molar-refractivity contribution in [1.82, 2.24) is 10.2 Å². The molecular formula is C19H17ClF2N4. The minimum Gasteiger partial charge on any atom is -0.367 e. The summed E-state index contributed by atoms with van der Waals surface area (Å²) in [5, 5.41) is 8.51. The van der Waals surface area contributed by atoms with E-state index in [1.807, 2.05) is 12.1 Å². The van der Waals surface area contributed by atoms with Gasteiger partial charge in [-0.1, -0.05) is 11.6 Å². The van der Waals surface area contributed by atoms with E-state index < -0.39 is 0 Å². The van der Waals surface area contributed by atoms with Crippen molar-refractivity contribution in [2.24, 2.45) is 0 Å². The Labute approximate surface area is 154 Å². The molecule has 0 atom stereocenters. The second-order valence-corrected chi connectivity index (χ2v) is 7.54. The third-order valence-corrected chi connectivity index (χ3v) is 5.78. The molecule has 2 aromatic carbocycles. The van der Waals surface area contributed by atoms with Crippen LogP contribution in [0.25, 0.3) is 10.9 Å². The van der Waals surface area contributed by atoms with Gasteiger partial charge in [0.1, 0.15) is 11.6 Å². The molecule has 2 aliphatic rings. The van der Waals surface area contributed by atoms with E-state index in [-0.39, 0.29) is 17.2 Å². The third kappa shape index (κ3) is 2.43. The number of hydrogen-bond donors (Lipinski definition) is 1. The molecule has 1 saturated heterocycles. The maximum absolute atomic E-state index is 13.6. The highest BCUT2D eigenvalue weighted by Gasteiger charge is 2.52. The molecule has 0 amide bonds. The van der Waals surface area contributed by atoms with Gasteiger partial charge in [-0.2, -0.15) is 5.10 Å². The number of piperazine rings is 1. The van der Waals surface area contributed by atoms with Crippen LogP contribution in [0.4, 0.5) is 20.3 Å². The fourth-order valence-electron chi connectivity index (χ4n) is 4.01. The first-order valence-electron chi connectivity index (χ1n) is 8.67. The molecule has 1 N–H and O–H groups in total. The standard InChI is InChI=1S/C19H17ClF2N4/c20-15-9-13(22)10-16-17(15)18(24-23-16)26-8-7-25(11-19(26)5-6-19)14-3-1-12(21)2-4-14/h1-4,9-10H,5-8,11H2,(H,23,24). The average Bonchev–Trinajstić information content (AvgIpc) is 3.24. The predicted octanol–water partition coefficient (Wildman–Crippen LogP) is 4.35. The predicted molar refractivity (Wildman–Crippen MR) is 99.0 cm³/mol. The van der Waals surface area contributed by atoms with Crippen LogP contribution in [0.5, 0.6) is 0 Å². The van der Waals surface area contributed by atoms with Gasteiger partial charge in [-0.05, 0) is 49.2 Å². The summed E-state index contributed by atoms with van der Waals surface area (Å²) in [5.74, 6) is 0.194. The number of aromatic nitrogens is 2. The van der Waals surface area contributed by atoms with Crippen LogP contribution < -0.4 is 9.80 Å². The van der Waals surface area contributed by atoms with Crippen LogP contribution in [0.15, 0.2) is 36.4 Å². The van der Waals surface area contributed by atoms with E-state index in [1.54, 1.807) is 0 Å². The van der Waals surface area contributed by atoms with Crippen LogP contribution in [0.2, 0.25) is 5.02 Å². The minimum atomic E-state index is -0.375. The number of aromatic amines is 1. The molecule has 4 nitrogen and oxygen atoms in total. The number of nitrogens with one attached hydrogen (secondary N) is 1. The maximum atomic E-state index is 13.6. The second-order valence-electron chi connectivity index (χ2n) is 7.13. The number of anilines is 2. The number of benzene rings is 2. The Morgan fingerprint density at radius 2 is 1.81 bits per heavy atom. The molecule has 1 spiro atoms. The van der Waals surface area contributed by atoms with Gasteiger partial charge < -0.3 is 9.80 Å². The highest BCUT2D eigenvalue weighted by molar-refractivity contribution is 6.36.